The van der Waals surface area contributed by atoms with Gasteiger partial charge in [0.1, 0.15) is 0 Å². The van der Waals surface area contributed by atoms with Crippen molar-refractivity contribution < 1.29 is 9.59 Å². The molecule has 1 atom stereocenters. The van der Waals surface area contributed by atoms with Crippen molar-refractivity contribution in [2.45, 2.75) is 19.9 Å². The van der Waals surface area contributed by atoms with Crippen molar-refractivity contribution in [3.05, 3.63) is 29.8 Å². The van der Waals surface area contributed by atoms with Gasteiger partial charge in [0.05, 0.1) is 12.6 Å². The van der Waals surface area contributed by atoms with E-state index in [1.54, 1.807) is 36.2 Å². The number of hydrogen-bond donors (Lipinski definition) is 1. The molecular formula is C20H28N4O2. The van der Waals surface area contributed by atoms with Gasteiger partial charge in [-0.2, -0.15) is 0 Å². The lowest BCUT2D eigenvalue weighted by Crippen LogP contribution is -2.54. The highest BCUT2D eigenvalue weighted by Crippen LogP contribution is 2.11. The van der Waals surface area contributed by atoms with Crippen molar-refractivity contribution in [1.29, 1.82) is 0 Å². The maximum absolute atomic E-state index is 12.7. The Morgan fingerprint density at radius 2 is 2.00 bits per heavy atom. The Morgan fingerprint density at radius 3 is 2.62 bits per heavy atom. The Hall–Kier alpha value is -2.36. The molecule has 0 radical (unpaired) electrons. The number of rotatable bonds is 6. The third-order valence-electron chi connectivity index (χ3n) is 4.86. The van der Waals surface area contributed by atoms with Crippen LogP contribution in [-0.4, -0.2) is 78.9 Å². The van der Waals surface area contributed by atoms with Crippen LogP contribution in [0.5, 0.6) is 0 Å². The van der Waals surface area contributed by atoms with Crippen LogP contribution in [0.25, 0.3) is 0 Å². The molecule has 0 bridgehead atoms. The lowest BCUT2D eigenvalue weighted by atomic mass is 10.2. The minimum atomic E-state index is -0.342. The van der Waals surface area contributed by atoms with Crippen LogP contribution in [0.2, 0.25) is 0 Å². The topological polar surface area (TPSA) is 55.9 Å². The molecule has 6 heteroatoms. The molecule has 1 unspecified atom stereocenters. The van der Waals surface area contributed by atoms with E-state index in [4.69, 9.17) is 6.42 Å². The summed E-state index contributed by atoms with van der Waals surface area (Å²) < 4.78 is 0. The van der Waals surface area contributed by atoms with Gasteiger partial charge in [-0.25, -0.2) is 0 Å². The Morgan fingerprint density at radius 1 is 1.31 bits per heavy atom. The van der Waals surface area contributed by atoms with Crippen LogP contribution in [0.15, 0.2) is 24.3 Å². The van der Waals surface area contributed by atoms with Gasteiger partial charge in [-0.3, -0.25) is 14.5 Å². The first-order valence-electron chi connectivity index (χ1n) is 9.02. The summed E-state index contributed by atoms with van der Waals surface area (Å²) in [5, 5.41) is 2.83. The van der Waals surface area contributed by atoms with Gasteiger partial charge in [-0.05, 0) is 38.7 Å². The molecule has 6 nitrogen and oxygen atoms in total. The first kappa shape index (κ1) is 20.0. The van der Waals surface area contributed by atoms with Crippen molar-refractivity contribution in [3.8, 4) is 12.3 Å². The van der Waals surface area contributed by atoms with E-state index >= 15 is 0 Å². The Bertz CT molecular complexity index is 675. The number of amides is 2. The molecule has 26 heavy (non-hydrogen) atoms. The maximum Gasteiger partial charge on any atom is 0.239 e. The van der Waals surface area contributed by atoms with Crippen molar-refractivity contribution in [2.75, 3.05) is 51.6 Å². The fraction of sp³-hybridized carbons (Fsp3) is 0.500. The van der Waals surface area contributed by atoms with Gasteiger partial charge in [0.15, 0.2) is 0 Å². The smallest absolute Gasteiger partial charge is 0.239 e. The number of nitrogens with one attached hydrogen (secondary N) is 1. The van der Waals surface area contributed by atoms with Gasteiger partial charge in [-0.15, -0.1) is 6.42 Å². The van der Waals surface area contributed by atoms with E-state index in [1.807, 2.05) is 11.8 Å². The molecule has 2 amide bonds. The molecule has 140 valence electrons. The van der Waals surface area contributed by atoms with E-state index in [2.05, 4.69) is 23.1 Å². The number of carbonyl (C=O) groups is 2. The number of benzene rings is 1. The predicted octanol–water partition coefficient (Wildman–Crippen LogP) is 1.09. The van der Waals surface area contributed by atoms with Crippen molar-refractivity contribution in [2.24, 2.45) is 0 Å². The third kappa shape index (κ3) is 5.32. The SMILES string of the molecule is C#Cc1cccc(NC(=O)CN(C)C(C)C(=O)N2CCN(CC)CC2)c1. The Labute approximate surface area is 156 Å². The minimum Gasteiger partial charge on any atom is -0.339 e. The Kier molecular flexibility index (Phi) is 7.19. The highest BCUT2D eigenvalue weighted by Gasteiger charge is 2.27. The lowest BCUT2D eigenvalue weighted by Gasteiger charge is -2.36. The largest absolute Gasteiger partial charge is 0.339 e. The van der Waals surface area contributed by atoms with Crippen LogP contribution in [0.4, 0.5) is 5.69 Å². The van der Waals surface area contributed by atoms with E-state index in [1.165, 1.54) is 0 Å². The van der Waals surface area contributed by atoms with Gasteiger partial charge in [0, 0.05) is 37.4 Å². The number of piperazine rings is 1. The van der Waals surface area contributed by atoms with Crippen molar-refractivity contribution in [3.63, 3.8) is 0 Å². The second-order valence-electron chi connectivity index (χ2n) is 6.62. The number of terminal acetylenes is 1. The standard InChI is InChI=1S/C20H28N4O2/c1-5-17-8-7-9-18(14-17)21-19(25)15-22(4)16(3)20(26)24-12-10-23(6-2)11-13-24/h1,7-9,14,16H,6,10-13,15H2,2-4H3,(H,21,25). The number of likely N-dealkylation sites (N-methyl/N-ethyl adjacent to an activating group) is 2. The van der Waals surface area contributed by atoms with Gasteiger partial charge < -0.3 is 15.1 Å². The molecule has 1 aliphatic heterocycles. The fourth-order valence-corrected chi connectivity index (χ4v) is 2.99. The molecule has 1 N–H and O–H groups in total. The normalized spacial score (nSPS) is 16.2. The molecule has 1 aromatic rings. The summed E-state index contributed by atoms with van der Waals surface area (Å²) >= 11 is 0. The second kappa shape index (κ2) is 9.37. The first-order valence-corrected chi connectivity index (χ1v) is 9.02. The van der Waals surface area contributed by atoms with Gasteiger partial charge >= 0.3 is 0 Å². The number of anilines is 1. The van der Waals surface area contributed by atoms with Crippen LogP contribution >= 0.6 is 0 Å². The Balaban J connectivity index is 1.85. The van der Waals surface area contributed by atoms with Gasteiger partial charge in [0.25, 0.3) is 0 Å². The molecule has 0 aliphatic carbocycles. The average Bonchev–Trinajstić information content (AvgIpc) is 2.66. The van der Waals surface area contributed by atoms with E-state index in [0.29, 0.717) is 11.3 Å². The minimum absolute atomic E-state index is 0.0744. The average molecular weight is 356 g/mol. The second-order valence-corrected chi connectivity index (χ2v) is 6.62. The summed E-state index contributed by atoms with van der Waals surface area (Å²) in [6, 6.07) is 6.81. The van der Waals surface area contributed by atoms with Crippen molar-refractivity contribution >= 4 is 17.5 Å². The summed E-state index contributed by atoms with van der Waals surface area (Å²) in [4.78, 5) is 30.9. The summed E-state index contributed by atoms with van der Waals surface area (Å²) in [5.74, 6) is 2.45. The molecule has 1 saturated heterocycles. The first-order chi connectivity index (χ1) is 12.4. The van der Waals surface area contributed by atoms with Crippen LogP contribution in [0.1, 0.15) is 19.4 Å². The van der Waals surface area contributed by atoms with Gasteiger partial charge in [0.2, 0.25) is 11.8 Å². The molecule has 1 fully saturated rings. The molecule has 2 rings (SSSR count). The van der Waals surface area contributed by atoms with Crippen LogP contribution < -0.4 is 5.32 Å². The van der Waals surface area contributed by atoms with Crippen molar-refractivity contribution in [1.82, 2.24) is 14.7 Å². The van der Waals surface area contributed by atoms with E-state index in [-0.39, 0.29) is 24.4 Å². The van der Waals surface area contributed by atoms with Gasteiger partial charge in [-0.1, -0.05) is 18.9 Å². The lowest BCUT2D eigenvalue weighted by molar-refractivity contribution is -0.138. The predicted molar refractivity (Wildman–Crippen MR) is 104 cm³/mol. The van der Waals surface area contributed by atoms with Crippen LogP contribution in [0.3, 0.4) is 0 Å². The fourth-order valence-electron chi connectivity index (χ4n) is 2.99. The highest BCUT2D eigenvalue weighted by atomic mass is 16.2. The zero-order valence-corrected chi connectivity index (χ0v) is 15.9. The zero-order chi connectivity index (χ0) is 19.1. The maximum atomic E-state index is 12.7. The van der Waals surface area contributed by atoms with E-state index < -0.39 is 0 Å². The zero-order valence-electron chi connectivity index (χ0n) is 15.9. The quantitative estimate of drug-likeness (QED) is 0.776. The van der Waals surface area contributed by atoms with Crippen LogP contribution in [-0.2, 0) is 9.59 Å². The molecule has 0 aromatic heterocycles. The van der Waals surface area contributed by atoms with Crippen LogP contribution in [0, 0.1) is 12.3 Å². The molecule has 1 aliphatic rings. The van der Waals surface area contributed by atoms with E-state index in [9.17, 15) is 9.59 Å². The summed E-state index contributed by atoms with van der Waals surface area (Å²) in [6.07, 6.45) is 5.38. The number of nitrogens with zero attached hydrogens (tertiary/aromatic N) is 3. The molecule has 0 spiro atoms. The molecule has 1 heterocycles. The summed E-state index contributed by atoms with van der Waals surface area (Å²) in [6.45, 7) is 8.44. The summed E-state index contributed by atoms with van der Waals surface area (Å²) in [7, 11) is 1.79. The highest BCUT2D eigenvalue weighted by molar-refractivity contribution is 5.93. The molecule has 0 saturated carbocycles. The third-order valence-corrected chi connectivity index (χ3v) is 4.86. The number of hydrogen-bond acceptors (Lipinski definition) is 4. The van der Waals surface area contributed by atoms with E-state index in [0.717, 1.165) is 32.7 Å². The number of carbonyl (C=O) groups excluding carboxylic acids is 2. The molecule has 1 aromatic carbocycles. The molecular weight excluding hydrogens is 328 g/mol. The summed E-state index contributed by atoms with van der Waals surface area (Å²) in [5.41, 5.74) is 1.37. The monoisotopic (exact) mass is 356 g/mol.